The molecule has 1 aliphatic rings. The second kappa shape index (κ2) is 4.64. The Morgan fingerprint density at radius 2 is 1.78 bits per heavy atom. The van der Waals surface area contributed by atoms with Gasteiger partial charge in [-0.2, -0.15) is 0 Å². The number of benzene rings is 1. The molecule has 0 saturated heterocycles. The highest BCUT2D eigenvalue weighted by Crippen LogP contribution is 2.28. The van der Waals surface area contributed by atoms with Crippen LogP contribution < -0.4 is 10.5 Å². The predicted octanol–water partition coefficient (Wildman–Crippen LogP) is 2.73. The number of aromatic nitrogens is 2. The second-order valence-electron chi connectivity index (χ2n) is 4.49. The Morgan fingerprint density at radius 3 is 2.61 bits per heavy atom. The van der Waals surface area contributed by atoms with Crippen LogP contribution in [0.3, 0.4) is 0 Å². The van der Waals surface area contributed by atoms with Crippen LogP contribution in [0.2, 0.25) is 0 Å². The van der Waals surface area contributed by atoms with E-state index in [1.54, 1.807) is 12.4 Å². The van der Waals surface area contributed by atoms with E-state index in [0.717, 1.165) is 12.2 Å². The average molecular weight is 241 g/mol. The lowest BCUT2D eigenvalue weighted by Crippen LogP contribution is -2.03. The van der Waals surface area contributed by atoms with E-state index >= 15 is 0 Å². The van der Waals surface area contributed by atoms with Gasteiger partial charge in [0.05, 0.1) is 0 Å². The average Bonchev–Trinajstić information content (AvgIpc) is 2.41. The molecule has 0 atom stereocenters. The van der Waals surface area contributed by atoms with Crippen LogP contribution in [0, 0.1) is 0 Å². The van der Waals surface area contributed by atoms with Gasteiger partial charge in [-0.05, 0) is 48.9 Å². The minimum absolute atomic E-state index is 0.315. The SMILES string of the molecule is Nc1nccnc1Oc1ccc2c(c1)CCCC2. The van der Waals surface area contributed by atoms with E-state index in [4.69, 9.17) is 10.5 Å². The van der Waals surface area contributed by atoms with Crippen LogP contribution in [0.4, 0.5) is 5.82 Å². The van der Waals surface area contributed by atoms with Gasteiger partial charge in [-0.25, -0.2) is 9.97 Å². The van der Waals surface area contributed by atoms with Gasteiger partial charge in [0, 0.05) is 12.4 Å². The molecule has 18 heavy (non-hydrogen) atoms. The predicted molar refractivity (Wildman–Crippen MR) is 69.6 cm³/mol. The first-order chi connectivity index (χ1) is 8.83. The number of fused-ring (bicyclic) bond motifs is 1. The highest BCUT2D eigenvalue weighted by molar-refractivity contribution is 5.44. The number of rotatable bonds is 2. The summed E-state index contributed by atoms with van der Waals surface area (Å²) in [7, 11) is 0. The van der Waals surface area contributed by atoms with Crippen LogP contribution in [0.25, 0.3) is 0 Å². The van der Waals surface area contributed by atoms with E-state index in [1.165, 1.54) is 30.4 Å². The summed E-state index contributed by atoms with van der Waals surface area (Å²) in [4.78, 5) is 8.03. The van der Waals surface area contributed by atoms with Gasteiger partial charge < -0.3 is 10.5 Å². The third-order valence-electron chi connectivity index (χ3n) is 3.23. The largest absolute Gasteiger partial charge is 0.436 e. The fourth-order valence-corrected chi connectivity index (χ4v) is 2.30. The molecule has 3 rings (SSSR count). The molecule has 0 amide bonds. The Hall–Kier alpha value is -2.10. The van der Waals surface area contributed by atoms with Gasteiger partial charge >= 0.3 is 0 Å². The molecule has 0 unspecified atom stereocenters. The number of nitrogens with zero attached hydrogens (tertiary/aromatic N) is 2. The van der Waals surface area contributed by atoms with E-state index in [-0.39, 0.29) is 0 Å². The molecule has 4 heteroatoms. The first-order valence-electron chi connectivity index (χ1n) is 6.19. The summed E-state index contributed by atoms with van der Waals surface area (Å²) < 4.78 is 5.68. The molecule has 92 valence electrons. The Labute approximate surface area is 106 Å². The second-order valence-corrected chi connectivity index (χ2v) is 4.49. The van der Waals surface area contributed by atoms with Crippen LogP contribution in [0.5, 0.6) is 11.6 Å². The molecular formula is C14H15N3O. The van der Waals surface area contributed by atoms with Crippen LogP contribution in [0.15, 0.2) is 30.6 Å². The van der Waals surface area contributed by atoms with Gasteiger partial charge in [0.15, 0.2) is 5.82 Å². The zero-order valence-corrected chi connectivity index (χ0v) is 10.1. The minimum atomic E-state index is 0.315. The monoisotopic (exact) mass is 241 g/mol. The Bertz CT molecular complexity index is 569. The fraction of sp³-hybridized carbons (Fsp3) is 0.286. The van der Waals surface area contributed by atoms with Crippen LogP contribution in [-0.4, -0.2) is 9.97 Å². The molecule has 0 aliphatic heterocycles. The van der Waals surface area contributed by atoms with Gasteiger partial charge in [0.1, 0.15) is 5.75 Å². The molecule has 0 fully saturated rings. The van der Waals surface area contributed by atoms with Gasteiger partial charge in [0.25, 0.3) is 5.88 Å². The van der Waals surface area contributed by atoms with Crippen molar-refractivity contribution >= 4 is 5.82 Å². The normalized spacial score (nSPS) is 14.0. The molecule has 1 aromatic heterocycles. The Kier molecular flexibility index (Phi) is 2.84. The van der Waals surface area contributed by atoms with Crippen molar-refractivity contribution in [1.29, 1.82) is 0 Å². The molecule has 0 spiro atoms. The minimum Gasteiger partial charge on any atom is -0.436 e. The molecule has 2 N–H and O–H groups in total. The van der Waals surface area contributed by atoms with Crippen molar-refractivity contribution in [3.63, 3.8) is 0 Å². The summed E-state index contributed by atoms with van der Waals surface area (Å²) >= 11 is 0. The zero-order chi connectivity index (χ0) is 12.4. The number of nitrogens with two attached hydrogens (primary N) is 1. The van der Waals surface area contributed by atoms with E-state index in [2.05, 4.69) is 22.1 Å². The zero-order valence-electron chi connectivity index (χ0n) is 10.1. The van der Waals surface area contributed by atoms with Crippen molar-refractivity contribution < 1.29 is 4.74 Å². The summed E-state index contributed by atoms with van der Waals surface area (Å²) in [5, 5.41) is 0. The molecular weight excluding hydrogens is 226 g/mol. The maximum atomic E-state index is 5.71. The Morgan fingerprint density at radius 1 is 1.00 bits per heavy atom. The standard InChI is InChI=1S/C14H15N3O/c15-13-14(17-8-7-16-13)18-12-6-5-10-3-1-2-4-11(10)9-12/h5-9H,1-4H2,(H2,15,16). The molecule has 1 aromatic carbocycles. The van der Waals surface area contributed by atoms with E-state index in [1.807, 2.05) is 6.07 Å². The number of aryl methyl sites for hydroxylation is 2. The lowest BCUT2D eigenvalue weighted by Gasteiger charge is -2.16. The third-order valence-corrected chi connectivity index (χ3v) is 3.23. The van der Waals surface area contributed by atoms with E-state index < -0.39 is 0 Å². The summed E-state index contributed by atoms with van der Waals surface area (Å²) in [5.41, 5.74) is 8.51. The maximum absolute atomic E-state index is 5.71. The lowest BCUT2D eigenvalue weighted by molar-refractivity contribution is 0.461. The topological polar surface area (TPSA) is 61.0 Å². The maximum Gasteiger partial charge on any atom is 0.262 e. The van der Waals surface area contributed by atoms with Crippen molar-refractivity contribution in [2.24, 2.45) is 0 Å². The summed E-state index contributed by atoms with van der Waals surface area (Å²) in [6, 6.07) is 6.19. The van der Waals surface area contributed by atoms with Crippen molar-refractivity contribution in [1.82, 2.24) is 9.97 Å². The van der Waals surface area contributed by atoms with Crippen LogP contribution in [-0.2, 0) is 12.8 Å². The summed E-state index contributed by atoms with van der Waals surface area (Å²) in [6.45, 7) is 0. The number of anilines is 1. The molecule has 4 nitrogen and oxygen atoms in total. The van der Waals surface area contributed by atoms with Gasteiger partial charge in [-0.15, -0.1) is 0 Å². The first-order valence-corrected chi connectivity index (χ1v) is 6.19. The summed E-state index contributed by atoms with van der Waals surface area (Å²) in [5.74, 6) is 1.46. The highest BCUT2D eigenvalue weighted by Gasteiger charge is 2.11. The van der Waals surface area contributed by atoms with Gasteiger partial charge in [0.2, 0.25) is 0 Å². The number of hydrogen-bond donors (Lipinski definition) is 1. The number of hydrogen-bond acceptors (Lipinski definition) is 4. The Balaban J connectivity index is 1.87. The molecule has 1 aliphatic carbocycles. The van der Waals surface area contributed by atoms with Crippen molar-refractivity contribution in [3.05, 3.63) is 41.7 Å². The first kappa shape index (κ1) is 11.0. The number of nitrogen functional groups attached to an aromatic ring is 1. The third kappa shape index (κ3) is 2.14. The molecule has 0 bridgehead atoms. The van der Waals surface area contributed by atoms with Gasteiger partial charge in [-0.1, -0.05) is 6.07 Å². The van der Waals surface area contributed by atoms with Crippen LogP contribution in [0.1, 0.15) is 24.0 Å². The fourth-order valence-electron chi connectivity index (χ4n) is 2.30. The van der Waals surface area contributed by atoms with E-state index in [0.29, 0.717) is 11.7 Å². The van der Waals surface area contributed by atoms with Crippen molar-refractivity contribution in [2.75, 3.05) is 5.73 Å². The van der Waals surface area contributed by atoms with E-state index in [9.17, 15) is 0 Å². The molecule has 1 heterocycles. The van der Waals surface area contributed by atoms with Crippen LogP contribution >= 0.6 is 0 Å². The quantitative estimate of drug-likeness (QED) is 0.878. The summed E-state index contributed by atoms with van der Waals surface area (Å²) in [6.07, 6.45) is 7.96. The van der Waals surface area contributed by atoms with Crippen molar-refractivity contribution in [2.45, 2.75) is 25.7 Å². The van der Waals surface area contributed by atoms with Gasteiger partial charge in [-0.3, -0.25) is 0 Å². The van der Waals surface area contributed by atoms with Crippen molar-refractivity contribution in [3.8, 4) is 11.6 Å². The number of ether oxygens (including phenoxy) is 1. The highest BCUT2D eigenvalue weighted by atomic mass is 16.5. The lowest BCUT2D eigenvalue weighted by atomic mass is 9.92. The molecule has 0 saturated carbocycles. The molecule has 2 aromatic rings. The molecule has 0 radical (unpaired) electrons. The smallest absolute Gasteiger partial charge is 0.262 e.